The molecule has 0 aliphatic heterocycles. The van der Waals surface area contributed by atoms with Gasteiger partial charge in [0.25, 0.3) is 0 Å². The van der Waals surface area contributed by atoms with E-state index in [1.54, 1.807) is 0 Å². The van der Waals surface area contributed by atoms with Gasteiger partial charge in [0.2, 0.25) is 0 Å². The standard InChI is InChI=1S/C8H17.Na/c1-3-5-7-8-6-4-2;/h5H,3-4,6-8H2,1-2H3;/q-1;+1. The van der Waals surface area contributed by atoms with Gasteiger partial charge in [-0.25, -0.2) is 0 Å². The molecule has 0 atom stereocenters. The monoisotopic (exact) mass is 136 g/mol. The molecule has 0 nitrogen and oxygen atoms in total. The van der Waals surface area contributed by atoms with Crippen LogP contribution < -0.4 is 29.6 Å². The minimum Gasteiger partial charge on any atom is -0.329 e. The van der Waals surface area contributed by atoms with Gasteiger partial charge in [-0.05, 0) is 0 Å². The van der Waals surface area contributed by atoms with Gasteiger partial charge in [0.15, 0.2) is 0 Å². The maximum absolute atomic E-state index is 2.36. The average molecular weight is 136 g/mol. The first kappa shape index (κ1) is 12.7. The Morgan fingerprint density at radius 3 is 2.22 bits per heavy atom. The molecule has 9 heavy (non-hydrogen) atoms. The number of rotatable bonds is 5. The van der Waals surface area contributed by atoms with Crippen LogP contribution in [0.15, 0.2) is 0 Å². The molecule has 0 saturated carbocycles. The van der Waals surface area contributed by atoms with Crippen LogP contribution in [0.1, 0.15) is 46.0 Å². The molecule has 0 saturated heterocycles. The predicted octanol–water partition coefficient (Wildman–Crippen LogP) is 0.185. The topological polar surface area (TPSA) is 0 Å². The van der Waals surface area contributed by atoms with Gasteiger partial charge in [0, 0.05) is 0 Å². The first-order chi connectivity index (χ1) is 3.91. The van der Waals surface area contributed by atoms with Gasteiger partial charge in [-0.2, -0.15) is 12.8 Å². The minimum atomic E-state index is 0. The van der Waals surface area contributed by atoms with Crippen molar-refractivity contribution in [3.8, 4) is 0 Å². The Morgan fingerprint density at radius 1 is 1.11 bits per heavy atom. The summed E-state index contributed by atoms with van der Waals surface area (Å²) in [5.74, 6) is 0. The second-order valence-corrected chi connectivity index (χ2v) is 2.19. The largest absolute Gasteiger partial charge is 1.00 e. The Bertz CT molecular complexity index is 29.5. The van der Waals surface area contributed by atoms with Gasteiger partial charge < -0.3 is 6.42 Å². The molecule has 0 aliphatic carbocycles. The van der Waals surface area contributed by atoms with Crippen molar-refractivity contribution in [1.82, 2.24) is 0 Å². The van der Waals surface area contributed by atoms with E-state index >= 15 is 0 Å². The van der Waals surface area contributed by atoms with E-state index in [0.29, 0.717) is 0 Å². The van der Waals surface area contributed by atoms with Crippen LogP contribution >= 0.6 is 0 Å². The molecule has 0 N–H and O–H groups in total. The number of unbranched alkanes of at least 4 members (excludes halogenated alkanes) is 5. The van der Waals surface area contributed by atoms with Crippen molar-refractivity contribution in [3.63, 3.8) is 0 Å². The molecule has 50 valence electrons. The van der Waals surface area contributed by atoms with E-state index < -0.39 is 0 Å². The molecule has 0 aromatic heterocycles. The fraction of sp³-hybridized carbons (Fsp3) is 0.875. The zero-order valence-electron chi connectivity index (χ0n) is 7.11. The second kappa shape index (κ2) is 11.8. The van der Waals surface area contributed by atoms with Crippen LogP contribution in [0.5, 0.6) is 0 Å². The molecule has 0 aromatic rings. The van der Waals surface area contributed by atoms with Crippen molar-refractivity contribution < 1.29 is 29.6 Å². The van der Waals surface area contributed by atoms with Crippen LogP contribution in [0.25, 0.3) is 0 Å². The summed E-state index contributed by atoms with van der Waals surface area (Å²) in [5.41, 5.74) is 0. The third kappa shape index (κ3) is 12.2. The molecule has 0 fully saturated rings. The molecular weight excluding hydrogens is 119 g/mol. The Morgan fingerprint density at radius 2 is 1.78 bits per heavy atom. The number of hydrogen-bond donors (Lipinski definition) is 0. The first-order valence-electron chi connectivity index (χ1n) is 3.73. The van der Waals surface area contributed by atoms with Gasteiger partial charge in [-0.15, -0.1) is 0 Å². The normalized spacial score (nSPS) is 8.67. The van der Waals surface area contributed by atoms with Gasteiger partial charge in [-0.3, -0.25) is 0 Å². The fourth-order valence-corrected chi connectivity index (χ4v) is 0.743. The van der Waals surface area contributed by atoms with Crippen LogP contribution in [0, 0.1) is 6.42 Å². The summed E-state index contributed by atoms with van der Waals surface area (Å²) in [6.45, 7) is 4.44. The molecule has 0 heterocycles. The van der Waals surface area contributed by atoms with Gasteiger partial charge in [-0.1, -0.05) is 33.1 Å². The molecule has 1 heteroatoms. The Labute approximate surface area is 81.7 Å². The van der Waals surface area contributed by atoms with Crippen molar-refractivity contribution in [1.29, 1.82) is 0 Å². The van der Waals surface area contributed by atoms with Gasteiger partial charge in [0.1, 0.15) is 0 Å². The van der Waals surface area contributed by atoms with E-state index in [1.807, 2.05) is 0 Å². The van der Waals surface area contributed by atoms with Crippen molar-refractivity contribution in [2.75, 3.05) is 0 Å². The number of hydrogen-bond acceptors (Lipinski definition) is 0. The third-order valence-electron chi connectivity index (χ3n) is 1.30. The Hall–Kier alpha value is 1.00. The SMILES string of the molecule is CC[CH-]CCCCC.[Na+]. The maximum atomic E-state index is 2.36. The van der Waals surface area contributed by atoms with Crippen LogP contribution in [-0.4, -0.2) is 0 Å². The molecule has 0 spiro atoms. The average Bonchev–Trinajstić information content (AvgIpc) is 1.81. The zero-order chi connectivity index (χ0) is 6.24. The molecular formula is C8H17Na. The predicted molar refractivity (Wildman–Crippen MR) is 38.7 cm³/mol. The van der Waals surface area contributed by atoms with E-state index in [-0.39, 0.29) is 29.6 Å². The molecule has 0 unspecified atom stereocenters. The molecule has 0 aliphatic rings. The second-order valence-electron chi connectivity index (χ2n) is 2.19. The van der Waals surface area contributed by atoms with E-state index in [0.717, 1.165) is 0 Å². The molecule has 0 rings (SSSR count). The summed E-state index contributed by atoms with van der Waals surface area (Å²) in [4.78, 5) is 0. The van der Waals surface area contributed by atoms with Gasteiger partial charge in [0.05, 0.1) is 0 Å². The Kier molecular flexibility index (Phi) is 16.5. The summed E-state index contributed by atoms with van der Waals surface area (Å²) in [7, 11) is 0. The fourth-order valence-electron chi connectivity index (χ4n) is 0.743. The maximum Gasteiger partial charge on any atom is 1.00 e. The van der Waals surface area contributed by atoms with E-state index in [9.17, 15) is 0 Å². The zero-order valence-corrected chi connectivity index (χ0v) is 9.11. The van der Waals surface area contributed by atoms with Gasteiger partial charge >= 0.3 is 29.6 Å². The van der Waals surface area contributed by atoms with Crippen LogP contribution in [-0.2, 0) is 0 Å². The minimum absolute atomic E-state index is 0. The molecule has 0 radical (unpaired) electrons. The summed E-state index contributed by atoms with van der Waals surface area (Å²) in [5, 5.41) is 0. The van der Waals surface area contributed by atoms with Crippen molar-refractivity contribution in [2.24, 2.45) is 0 Å². The van der Waals surface area contributed by atoms with E-state index in [2.05, 4.69) is 20.3 Å². The molecule has 0 amide bonds. The summed E-state index contributed by atoms with van der Waals surface area (Å²) in [6.07, 6.45) is 9.06. The first-order valence-corrected chi connectivity index (χ1v) is 3.73. The van der Waals surface area contributed by atoms with Crippen LogP contribution in [0.2, 0.25) is 0 Å². The van der Waals surface area contributed by atoms with E-state index in [4.69, 9.17) is 0 Å². The smallest absolute Gasteiger partial charge is 0.329 e. The Balaban J connectivity index is 0. The molecule has 0 bridgehead atoms. The molecule has 0 aromatic carbocycles. The third-order valence-corrected chi connectivity index (χ3v) is 1.30. The van der Waals surface area contributed by atoms with Crippen molar-refractivity contribution >= 4 is 0 Å². The van der Waals surface area contributed by atoms with E-state index in [1.165, 1.54) is 32.1 Å². The van der Waals surface area contributed by atoms with Crippen molar-refractivity contribution in [3.05, 3.63) is 6.42 Å². The summed E-state index contributed by atoms with van der Waals surface area (Å²) in [6, 6.07) is 0. The van der Waals surface area contributed by atoms with Crippen LogP contribution in [0.3, 0.4) is 0 Å². The summed E-state index contributed by atoms with van der Waals surface area (Å²) >= 11 is 0. The van der Waals surface area contributed by atoms with Crippen LogP contribution in [0.4, 0.5) is 0 Å². The van der Waals surface area contributed by atoms with Crippen molar-refractivity contribution in [2.45, 2.75) is 46.0 Å². The summed E-state index contributed by atoms with van der Waals surface area (Å²) < 4.78 is 0. The quantitative estimate of drug-likeness (QED) is 0.287.